The van der Waals surface area contributed by atoms with Gasteiger partial charge in [-0.2, -0.15) is 0 Å². The molecule has 0 saturated carbocycles. The third-order valence-corrected chi connectivity index (χ3v) is 6.34. The molecule has 0 spiro atoms. The van der Waals surface area contributed by atoms with E-state index in [0.29, 0.717) is 0 Å². The number of benzene rings is 1. The Hall–Kier alpha value is 0.566. The summed E-state index contributed by atoms with van der Waals surface area (Å²) in [7, 11) is -4.14. The molecule has 0 saturated heterocycles. The Morgan fingerprint density at radius 2 is 1.16 bits per heavy atom. The Morgan fingerprint density at radius 1 is 0.710 bits per heavy atom. The molecule has 0 atom stereocenters. The molecule has 1 aromatic rings. The largest absolute Gasteiger partial charge is 1.00 e. The molecule has 6 heteroatoms. The summed E-state index contributed by atoms with van der Waals surface area (Å²) in [6.07, 6.45) is 20.6. The van der Waals surface area contributed by atoms with Gasteiger partial charge in [-0.25, -0.2) is 8.42 Å². The molecule has 0 aliphatic heterocycles. The molecule has 0 radical (unpaired) electrons. The van der Waals surface area contributed by atoms with Gasteiger partial charge in [-0.15, -0.1) is 0 Å². The molecule has 4 nitrogen and oxygen atoms in total. The van der Waals surface area contributed by atoms with Crippen molar-refractivity contribution in [1.82, 2.24) is 0 Å². The summed E-state index contributed by atoms with van der Waals surface area (Å²) in [5.41, 5.74) is 1.31. The summed E-state index contributed by atoms with van der Waals surface area (Å²) in [6.45, 7) is 2.52. The van der Waals surface area contributed by atoms with Gasteiger partial charge in [0.25, 0.3) is 0 Å². The van der Waals surface area contributed by atoms with E-state index in [4.69, 9.17) is 4.74 Å². The maximum atomic E-state index is 10.5. The Kier molecular flexibility index (Phi) is 21.5. The molecule has 0 unspecified atom stereocenters. The normalized spacial score (nSPS) is 11.3. The van der Waals surface area contributed by atoms with Crippen molar-refractivity contribution in [2.75, 3.05) is 12.4 Å². The molecule has 1 rings (SSSR count). The van der Waals surface area contributed by atoms with Crippen molar-refractivity contribution in [1.29, 1.82) is 0 Å². The number of hydrogen-bond donors (Lipinski definition) is 0. The second-order valence-corrected chi connectivity index (χ2v) is 9.98. The van der Waals surface area contributed by atoms with E-state index in [9.17, 15) is 13.0 Å². The Labute approximate surface area is 234 Å². The molecule has 0 fully saturated rings. The van der Waals surface area contributed by atoms with E-state index in [-0.39, 0.29) is 70.2 Å². The van der Waals surface area contributed by atoms with Gasteiger partial charge < -0.3 is 9.29 Å². The first-order valence-corrected chi connectivity index (χ1v) is 13.7. The predicted molar refractivity (Wildman–Crippen MR) is 125 cm³/mol. The van der Waals surface area contributed by atoms with Crippen molar-refractivity contribution in [3.63, 3.8) is 0 Å². The molecule has 0 aliphatic rings. The van der Waals surface area contributed by atoms with Crippen LogP contribution in [0.25, 0.3) is 0 Å². The van der Waals surface area contributed by atoms with E-state index in [2.05, 4.69) is 19.1 Å². The van der Waals surface area contributed by atoms with Gasteiger partial charge in [0.15, 0.2) is 0 Å². The van der Waals surface area contributed by atoms with E-state index >= 15 is 0 Å². The van der Waals surface area contributed by atoms with Gasteiger partial charge in [-0.05, 0) is 37.0 Å². The van der Waals surface area contributed by atoms with Crippen LogP contribution in [-0.2, 0) is 16.5 Å². The van der Waals surface area contributed by atoms with Gasteiger partial charge in [0.2, 0.25) is 0 Å². The van der Waals surface area contributed by atoms with E-state index in [1.807, 2.05) is 12.1 Å². The van der Waals surface area contributed by atoms with Crippen molar-refractivity contribution in [2.45, 2.75) is 110 Å². The fourth-order valence-corrected chi connectivity index (χ4v) is 4.17. The minimum atomic E-state index is -4.14. The van der Waals surface area contributed by atoms with Gasteiger partial charge >= 0.3 is 51.4 Å². The maximum absolute atomic E-state index is 10.5. The van der Waals surface area contributed by atoms with Gasteiger partial charge in [0.1, 0.15) is 5.75 Å². The average Bonchev–Trinajstić information content (AvgIpc) is 2.72. The average molecular weight is 479 g/mol. The third kappa shape index (κ3) is 20.9. The smallest absolute Gasteiger partial charge is 0.748 e. The van der Waals surface area contributed by atoms with Crippen LogP contribution < -0.4 is 56.1 Å². The second kappa shape index (κ2) is 21.1. The van der Waals surface area contributed by atoms with Crippen molar-refractivity contribution in [3.05, 3.63) is 29.8 Å². The number of unbranched alkanes of at least 4 members (excludes halogenated alkanes) is 13. The van der Waals surface area contributed by atoms with Crippen LogP contribution in [-0.4, -0.2) is 25.3 Å². The first-order chi connectivity index (χ1) is 14.5. The monoisotopic (exact) mass is 478 g/mol. The summed E-state index contributed by atoms with van der Waals surface area (Å²) in [5.74, 6) is 0.354. The summed E-state index contributed by atoms with van der Waals surface area (Å²) < 4.78 is 37.1. The van der Waals surface area contributed by atoms with Crippen LogP contribution in [0.1, 0.15) is 109 Å². The quantitative estimate of drug-likeness (QED) is 0.161. The Morgan fingerprint density at radius 3 is 1.61 bits per heavy atom. The standard InChI is InChI=1S/C25H44O4S.K/c1-2-3-4-5-6-7-8-9-10-11-12-13-14-15-17-24-18-20-25(21-19-24)29-22-16-23-30(26,27)28;/h18-21H,2-17,22-23H2,1H3,(H,26,27,28);/q;+1/p-1. The van der Waals surface area contributed by atoms with Crippen molar-refractivity contribution < 1.29 is 69.1 Å². The summed E-state index contributed by atoms with van der Waals surface area (Å²) >= 11 is 0. The number of hydrogen-bond acceptors (Lipinski definition) is 4. The topological polar surface area (TPSA) is 66.4 Å². The van der Waals surface area contributed by atoms with E-state index < -0.39 is 10.1 Å². The third-order valence-electron chi connectivity index (χ3n) is 5.55. The molecule has 0 amide bonds. The van der Waals surface area contributed by atoms with Gasteiger partial charge in [0.05, 0.1) is 16.7 Å². The SMILES string of the molecule is CCCCCCCCCCCCCCCCc1ccc(OCCCS(=O)(=O)[O-])cc1.[K+]. The van der Waals surface area contributed by atoms with Crippen LogP contribution >= 0.6 is 0 Å². The number of ether oxygens (including phenoxy) is 1. The number of rotatable bonds is 20. The van der Waals surface area contributed by atoms with E-state index in [1.54, 1.807) is 0 Å². The minimum absolute atomic E-state index is 0. The van der Waals surface area contributed by atoms with Crippen molar-refractivity contribution >= 4 is 10.1 Å². The Balaban J connectivity index is 0.00000900. The molecule has 174 valence electrons. The van der Waals surface area contributed by atoms with Crippen molar-refractivity contribution in [2.24, 2.45) is 0 Å². The second-order valence-electron chi connectivity index (χ2n) is 8.45. The fourth-order valence-electron chi connectivity index (χ4n) is 3.70. The zero-order valence-corrected chi connectivity index (χ0v) is 24.0. The molecule has 0 aromatic heterocycles. The summed E-state index contributed by atoms with van der Waals surface area (Å²) in [4.78, 5) is 0. The van der Waals surface area contributed by atoms with Gasteiger partial charge in [0, 0.05) is 5.75 Å². The first kappa shape index (κ1) is 31.6. The number of aryl methyl sites for hydroxylation is 1. The molecular weight excluding hydrogens is 435 g/mol. The molecule has 0 N–H and O–H groups in total. The molecule has 1 aromatic carbocycles. The summed E-state index contributed by atoms with van der Waals surface area (Å²) in [5, 5.41) is 0. The van der Waals surface area contributed by atoms with Crippen LogP contribution in [0.3, 0.4) is 0 Å². The fraction of sp³-hybridized carbons (Fsp3) is 0.760. The Bertz CT molecular complexity index is 617. The molecule has 0 aliphatic carbocycles. The molecule has 0 heterocycles. The van der Waals surface area contributed by atoms with E-state index in [1.165, 1.54) is 95.5 Å². The van der Waals surface area contributed by atoms with E-state index in [0.717, 1.165) is 12.2 Å². The molecule has 31 heavy (non-hydrogen) atoms. The van der Waals surface area contributed by atoms with Gasteiger partial charge in [-0.1, -0.05) is 103 Å². The summed E-state index contributed by atoms with van der Waals surface area (Å²) in [6, 6.07) is 7.99. The predicted octanol–water partition coefficient (Wildman–Crippen LogP) is 4.03. The van der Waals surface area contributed by atoms with Crippen LogP contribution in [0.5, 0.6) is 5.75 Å². The minimum Gasteiger partial charge on any atom is -0.748 e. The van der Waals surface area contributed by atoms with Crippen LogP contribution in [0.4, 0.5) is 0 Å². The maximum Gasteiger partial charge on any atom is 1.00 e. The van der Waals surface area contributed by atoms with Gasteiger partial charge in [-0.3, -0.25) is 0 Å². The van der Waals surface area contributed by atoms with Crippen LogP contribution in [0.2, 0.25) is 0 Å². The zero-order chi connectivity index (χ0) is 21.9. The van der Waals surface area contributed by atoms with Crippen LogP contribution in [0, 0.1) is 0 Å². The van der Waals surface area contributed by atoms with Crippen molar-refractivity contribution in [3.8, 4) is 5.75 Å². The first-order valence-electron chi connectivity index (χ1n) is 12.2. The molecular formula is C25H43KO4S. The zero-order valence-electron chi connectivity index (χ0n) is 20.1. The van der Waals surface area contributed by atoms with Crippen LogP contribution in [0.15, 0.2) is 24.3 Å². The molecule has 0 bridgehead atoms.